The zero-order valence-electron chi connectivity index (χ0n) is 9.75. The Hall–Kier alpha value is -2.15. The van der Waals surface area contributed by atoms with E-state index in [0.29, 0.717) is 22.6 Å². The predicted molar refractivity (Wildman–Crippen MR) is 71.9 cm³/mol. The molecular weight excluding hydrogens is 266 g/mol. The SMILES string of the molecule is O=c1[nH]c(-c2ccccc2[N+](=O)[O-])nc2c1CSC2. The van der Waals surface area contributed by atoms with Crippen molar-refractivity contribution in [1.29, 1.82) is 0 Å². The number of hydrogen-bond donors (Lipinski definition) is 1. The predicted octanol–water partition coefficient (Wildman–Crippen LogP) is 2.09. The second-order valence-corrected chi connectivity index (χ2v) is 5.09. The molecule has 96 valence electrons. The van der Waals surface area contributed by atoms with E-state index in [1.54, 1.807) is 30.0 Å². The summed E-state index contributed by atoms with van der Waals surface area (Å²) in [5, 5.41) is 11.0. The van der Waals surface area contributed by atoms with Crippen LogP contribution < -0.4 is 5.56 Å². The Bertz CT molecular complexity index is 726. The van der Waals surface area contributed by atoms with E-state index < -0.39 is 4.92 Å². The van der Waals surface area contributed by atoms with Crippen molar-refractivity contribution in [2.45, 2.75) is 11.5 Å². The smallest absolute Gasteiger partial charge is 0.280 e. The molecule has 6 nitrogen and oxygen atoms in total. The number of benzene rings is 1. The van der Waals surface area contributed by atoms with Crippen molar-refractivity contribution < 1.29 is 4.92 Å². The Kier molecular flexibility index (Phi) is 2.83. The second kappa shape index (κ2) is 4.51. The van der Waals surface area contributed by atoms with Crippen LogP contribution in [0.2, 0.25) is 0 Å². The number of nitrogens with one attached hydrogen (secondary N) is 1. The summed E-state index contributed by atoms with van der Waals surface area (Å²) in [5.74, 6) is 1.58. The summed E-state index contributed by atoms with van der Waals surface area (Å²) in [5.41, 5.74) is 1.47. The Morgan fingerprint density at radius 2 is 2.11 bits per heavy atom. The number of thioether (sulfide) groups is 1. The van der Waals surface area contributed by atoms with Gasteiger partial charge in [-0.25, -0.2) is 4.98 Å². The number of nitrogens with zero attached hydrogens (tertiary/aromatic N) is 2. The number of aromatic nitrogens is 2. The van der Waals surface area contributed by atoms with Gasteiger partial charge < -0.3 is 4.98 Å². The lowest BCUT2D eigenvalue weighted by Gasteiger charge is -2.04. The average Bonchev–Trinajstić information content (AvgIpc) is 2.87. The summed E-state index contributed by atoms with van der Waals surface area (Å²) < 4.78 is 0. The Labute approximate surface area is 112 Å². The monoisotopic (exact) mass is 275 g/mol. The molecule has 3 rings (SSSR count). The van der Waals surface area contributed by atoms with E-state index in [1.165, 1.54) is 6.07 Å². The fourth-order valence-electron chi connectivity index (χ4n) is 2.02. The van der Waals surface area contributed by atoms with Gasteiger partial charge in [0.1, 0.15) is 5.82 Å². The fraction of sp³-hybridized carbons (Fsp3) is 0.167. The number of fused-ring (bicyclic) bond motifs is 1. The van der Waals surface area contributed by atoms with Gasteiger partial charge in [-0.3, -0.25) is 14.9 Å². The molecule has 1 aliphatic rings. The topological polar surface area (TPSA) is 88.9 Å². The molecule has 0 saturated carbocycles. The second-order valence-electron chi connectivity index (χ2n) is 4.11. The van der Waals surface area contributed by atoms with Crippen molar-refractivity contribution >= 4 is 17.4 Å². The molecule has 1 aliphatic heterocycles. The van der Waals surface area contributed by atoms with Crippen molar-refractivity contribution in [3.8, 4) is 11.4 Å². The highest BCUT2D eigenvalue weighted by atomic mass is 32.2. The van der Waals surface area contributed by atoms with Gasteiger partial charge >= 0.3 is 0 Å². The maximum absolute atomic E-state index is 11.9. The molecule has 1 N–H and O–H groups in total. The summed E-state index contributed by atoms with van der Waals surface area (Å²) >= 11 is 1.62. The largest absolute Gasteiger partial charge is 0.306 e. The van der Waals surface area contributed by atoms with Crippen molar-refractivity contribution in [3.63, 3.8) is 0 Å². The number of hydrogen-bond acceptors (Lipinski definition) is 5. The molecule has 0 aliphatic carbocycles. The molecule has 0 unspecified atom stereocenters. The highest BCUT2D eigenvalue weighted by Gasteiger charge is 2.21. The minimum atomic E-state index is -0.475. The van der Waals surface area contributed by atoms with Crippen molar-refractivity contribution in [2.75, 3.05) is 0 Å². The highest BCUT2D eigenvalue weighted by molar-refractivity contribution is 7.98. The van der Waals surface area contributed by atoms with Crippen LogP contribution in [0.5, 0.6) is 0 Å². The van der Waals surface area contributed by atoms with Gasteiger partial charge in [0, 0.05) is 23.1 Å². The van der Waals surface area contributed by atoms with Crippen LogP contribution in [0.25, 0.3) is 11.4 Å². The summed E-state index contributed by atoms with van der Waals surface area (Å²) in [7, 11) is 0. The van der Waals surface area contributed by atoms with Gasteiger partial charge in [-0.05, 0) is 6.07 Å². The third-order valence-electron chi connectivity index (χ3n) is 2.94. The van der Waals surface area contributed by atoms with Gasteiger partial charge in [0.2, 0.25) is 0 Å². The average molecular weight is 275 g/mol. The van der Waals surface area contributed by atoms with Crippen molar-refractivity contribution in [3.05, 3.63) is 56.0 Å². The van der Waals surface area contributed by atoms with E-state index in [1.807, 2.05) is 0 Å². The molecule has 1 aromatic heterocycles. The minimum absolute atomic E-state index is 0.0590. The quantitative estimate of drug-likeness (QED) is 0.669. The Morgan fingerprint density at radius 1 is 1.32 bits per heavy atom. The molecule has 2 aromatic rings. The first-order chi connectivity index (χ1) is 9.16. The lowest BCUT2D eigenvalue weighted by molar-refractivity contribution is -0.384. The van der Waals surface area contributed by atoms with E-state index in [9.17, 15) is 14.9 Å². The first-order valence-corrected chi connectivity index (χ1v) is 6.76. The molecule has 0 bridgehead atoms. The van der Waals surface area contributed by atoms with Crippen LogP contribution in [0, 0.1) is 10.1 Å². The Balaban J connectivity index is 2.21. The highest BCUT2D eigenvalue weighted by Crippen LogP contribution is 2.30. The van der Waals surface area contributed by atoms with Gasteiger partial charge in [0.25, 0.3) is 11.2 Å². The standard InChI is InChI=1S/C12H9N3O3S/c16-12-8-5-19-6-9(8)13-11(14-12)7-3-1-2-4-10(7)15(17)18/h1-4H,5-6H2,(H,13,14,16). The number of H-pyrrole nitrogens is 1. The third-order valence-corrected chi connectivity index (χ3v) is 3.91. The normalized spacial score (nSPS) is 13.3. The maximum Gasteiger partial charge on any atom is 0.280 e. The fourth-order valence-corrected chi connectivity index (χ4v) is 3.06. The summed E-state index contributed by atoms with van der Waals surface area (Å²) in [6.45, 7) is 0. The van der Waals surface area contributed by atoms with E-state index in [2.05, 4.69) is 9.97 Å². The van der Waals surface area contributed by atoms with E-state index in [0.717, 1.165) is 5.69 Å². The number of aromatic amines is 1. The molecule has 0 saturated heterocycles. The summed E-state index contributed by atoms with van der Waals surface area (Å²) in [4.78, 5) is 29.4. The molecular formula is C12H9N3O3S. The van der Waals surface area contributed by atoms with Crippen molar-refractivity contribution in [1.82, 2.24) is 9.97 Å². The lowest BCUT2D eigenvalue weighted by atomic mass is 10.1. The van der Waals surface area contributed by atoms with Crippen LogP contribution in [0.1, 0.15) is 11.3 Å². The Morgan fingerprint density at radius 3 is 2.89 bits per heavy atom. The van der Waals surface area contributed by atoms with Crippen molar-refractivity contribution in [2.24, 2.45) is 0 Å². The van der Waals surface area contributed by atoms with Gasteiger partial charge in [-0.2, -0.15) is 11.8 Å². The molecule has 7 heteroatoms. The van der Waals surface area contributed by atoms with Crippen LogP contribution in [-0.2, 0) is 11.5 Å². The first kappa shape index (κ1) is 11.9. The van der Waals surface area contributed by atoms with Crippen LogP contribution >= 0.6 is 11.8 Å². The minimum Gasteiger partial charge on any atom is -0.306 e. The number of rotatable bonds is 2. The number of para-hydroxylation sites is 1. The van der Waals surface area contributed by atoms with E-state index >= 15 is 0 Å². The summed E-state index contributed by atoms with van der Waals surface area (Å²) in [6, 6.07) is 6.26. The van der Waals surface area contributed by atoms with Crippen LogP contribution in [-0.4, -0.2) is 14.9 Å². The molecule has 0 atom stereocenters. The van der Waals surface area contributed by atoms with Gasteiger partial charge in [-0.1, -0.05) is 12.1 Å². The third kappa shape index (κ3) is 2.01. The summed E-state index contributed by atoms with van der Waals surface area (Å²) in [6.07, 6.45) is 0. The van der Waals surface area contributed by atoms with Crippen LogP contribution in [0.15, 0.2) is 29.1 Å². The van der Waals surface area contributed by atoms with Gasteiger partial charge in [0.05, 0.1) is 16.2 Å². The molecule has 0 radical (unpaired) electrons. The number of nitro benzene ring substituents is 1. The molecule has 0 fully saturated rings. The van der Waals surface area contributed by atoms with Crippen LogP contribution in [0.3, 0.4) is 0 Å². The molecule has 2 heterocycles. The van der Waals surface area contributed by atoms with E-state index in [4.69, 9.17) is 0 Å². The molecule has 0 spiro atoms. The molecule has 1 aromatic carbocycles. The van der Waals surface area contributed by atoms with Crippen LogP contribution in [0.4, 0.5) is 5.69 Å². The molecule has 19 heavy (non-hydrogen) atoms. The maximum atomic E-state index is 11.9. The van der Waals surface area contributed by atoms with Gasteiger partial charge in [0.15, 0.2) is 0 Å². The van der Waals surface area contributed by atoms with E-state index in [-0.39, 0.29) is 17.1 Å². The number of nitro groups is 1. The molecule has 0 amide bonds. The zero-order chi connectivity index (χ0) is 13.4. The lowest BCUT2D eigenvalue weighted by Crippen LogP contribution is -2.15. The zero-order valence-corrected chi connectivity index (χ0v) is 10.6. The van der Waals surface area contributed by atoms with Gasteiger partial charge in [-0.15, -0.1) is 0 Å². The first-order valence-electron chi connectivity index (χ1n) is 5.60.